The van der Waals surface area contributed by atoms with Crippen LogP contribution in [0.2, 0.25) is 0 Å². The quantitative estimate of drug-likeness (QED) is 0.548. The predicted octanol–water partition coefficient (Wildman–Crippen LogP) is 5.38. The lowest BCUT2D eigenvalue weighted by molar-refractivity contribution is -0.128. The molecule has 2 aromatic carbocycles. The SMILES string of the molecule is CCC1Oc2ccc(-c3csc(C)n3)cc2N(CC(=O)Nc2ccccc2C(C)C)C1=O. The molecule has 3 aromatic rings. The molecule has 1 unspecified atom stereocenters. The Hall–Kier alpha value is -3.19. The number of aryl methyl sites for hydroxylation is 1. The number of rotatable bonds is 6. The summed E-state index contributed by atoms with van der Waals surface area (Å²) in [7, 11) is 0. The van der Waals surface area contributed by atoms with Crippen molar-refractivity contribution in [3.63, 3.8) is 0 Å². The number of hydrogen-bond acceptors (Lipinski definition) is 5. The van der Waals surface area contributed by atoms with Crippen LogP contribution in [0.1, 0.15) is 43.7 Å². The van der Waals surface area contributed by atoms with E-state index in [-0.39, 0.29) is 24.3 Å². The van der Waals surface area contributed by atoms with Gasteiger partial charge in [-0.2, -0.15) is 0 Å². The number of anilines is 2. The highest BCUT2D eigenvalue weighted by molar-refractivity contribution is 7.09. The van der Waals surface area contributed by atoms with Gasteiger partial charge >= 0.3 is 0 Å². The number of nitrogens with one attached hydrogen (secondary N) is 1. The van der Waals surface area contributed by atoms with Gasteiger partial charge in [0.05, 0.1) is 16.4 Å². The number of hydrogen-bond donors (Lipinski definition) is 1. The van der Waals surface area contributed by atoms with Crippen LogP contribution in [-0.2, 0) is 9.59 Å². The normalized spacial score (nSPS) is 15.5. The molecule has 32 heavy (non-hydrogen) atoms. The zero-order valence-electron chi connectivity index (χ0n) is 18.7. The minimum atomic E-state index is -0.606. The molecule has 0 fully saturated rings. The van der Waals surface area contributed by atoms with E-state index < -0.39 is 6.10 Å². The summed E-state index contributed by atoms with van der Waals surface area (Å²) in [6.45, 7) is 7.94. The van der Waals surface area contributed by atoms with Gasteiger partial charge in [0.1, 0.15) is 12.3 Å². The van der Waals surface area contributed by atoms with E-state index in [4.69, 9.17) is 4.74 Å². The van der Waals surface area contributed by atoms with Crippen molar-refractivity contribution in [1.29, 1.82) is 0 Å². The van der Waals surface area contributed by atoms with Crippen molar-refractivity contribution in [2.24, 2.45) is 0 Å². The zero-order chi connectivity index (χ0) is 22.8. The van der Waals surface area contributed by atoms with Crippen molar-refractivity contribution in [2.75, 3.05) is 16.8 Å². The van der Waals surface area contributed by atoms with E-state index in [0.717, 1.165) is 27.5 Å². The topological polar surface area (TPSA) is 71.5 Å². The standard InChI is InChI=1S/C25H27N3O3S/c1-5-22-25(30)28(13-24(29)27-19-9-7-6-8-18(19)15(2)3)21-12-17(10-11-23(21)31-22)20-14-32-16(4)26-20/h6-12,14-15,22H,5,13H2,1-4H3,(H,27,29). The summed E-state index contributed by atoms with van der Waals surface area (Å²) in [5.41, 5.74) is 4.15. The zero-order valence-corrected chi connectivity index (χ0v) is 19.5. The van der Waals surface area contributed by atoms with E-state index in [1.165, 1.54) is 4.90 Å². The van der Waals surface area contributed by atoms with Gasteiger partial charge in [0.25, 0.3) is 5.91 Å². The lowest BCUT2D eigenvalue weighted by Crippen LogP contribution is -2.48. The number of aromatic nitrogens is 1. The highest BCUT2D eigenvalue weighted by atomic mass is 32.1. The first-order valence-electron chi connectivity index (χ1n) is 10.8. The van der Waals surface area contributed by atoms with Gasteiger partial charge in [0.15, 0.2) is 6.10 Å². The molecule has 0 saturated heterocycles. The summed E-state index contributed by atoms with van der Waals surface area (Å²) >= 11 is 1.57. The number of fused-ring (bicyclic) bond motifs is 1. The van der Waals surface area contributed by atoms with Gasteiger partial charge in [-0.3, -0.25) is 14.5 Å². The van der Waals surface area contributed by atoms with Crippen molar-refractivity contribution in [3.05, 3.63) is 58.4 Å². The molecule has 7 heteroatoms. The highest BCUT2D eigenvalue weighted by Gasteiger charge is 2.35. The van der Waals surface area contributed by atoms with Crippen LogP contribution in [0.15, 0.2) is 47.8 Å². The minimum absolute atomic E-state index is 0.0856. The molecule has 0 aliphatic carbocycles. The molecule has 1 aliphatic rings. The Kier molecular flexibility index (Phi) is 6.28. The van der Waals surface area contributed by atoms with Crippen LogP contribution in [-0.4, -0.2) is 29.4 Å². The maximum atomic E-state index is 13.1. The Morgan fingerprint density at radius 3 is 2.72 bits per heavy atom. The van der Waals surface area contributed by atoms with E-state index in [2.05, 4.69) is 24.1 Å². The van der Waals surface area contributed by atoms with Crippen LogP contribution >= 0.6 is 11.3 Å². The molecule has 166 valence electrons. The lowest BCUT2D eigenvalue weighted by atomic mass is 10.0. The summed E-state index contributed by atoms with van der Waals surface area (Å²) in [6.07, 6.45) is -0.0785. The van der Waals surface area contributed by atoms with Crippen molar-refractivity contribution in [2.45, 2.75) is 46.1 Å². The Labute approximate surface area is 192 Å². The van der Waals surface area contributed by atoms with E-state index in [1.807, 2.05) is 61.7 Å². The van der Waals surface area contributed by atoms with E-state index in [1.54, 1.807) is 11.3 Å². The third-order valence-corrected chi connectivity index (χ3v) is 6.28. The third kappa shape index (κ3) is 4.39. The number of nitrogens with zero attached hydrogens (tertiary/aromatic N) is 2. The van der Waals surface area contributed by atoms with Gasteiger partial charge in [-0.15, -0.1) is 11.3 Å². The van der Waals surface area contributed by atoms with Gasteiger partial charge in [-0.05, 0) is 49.1 Å². The number of carbonyl (C=O) groups excluding carboxylic acids is 2. The molecule has 1 aliphatic heterocycles. The highest BCUT2D eigenvalue weighted by Crippen LogP contribution is 2.38. The number of benzene rings is 2. The molecule has 0 spiro atoms. The average molecular weight is 450 g/mol. The Morgan fingerprint density at radius 1 is 1.25 bits per heavy atom. The van der Waals surface area contributed by atoms with E-state index in [9.17, 15) is 9.59 Å². The van der Waals surface area contributed by atoms with Crippen LogP contribution in [0, 0.1) is 6.92 Å². The largest absolute Gasteiger partial charge is 0.478 e. The first kappa shape index (κ1) is 22.0. The Morgan fingerprint density at radius 2 is 2.03 bits per heavy atom. The first-order valence-corrected chi connectivity index (χ1v) is 11.7. The summed E-state index contributed by atoms with van der Waals surface area (Å²) in [4.78, 5) is 32.2. The molecule has 6 nitrogen and oxygen atoms in total. The predicted molar refractivity (Wildman–Crippen MR) is 129 cm³/mol. The van der Waals surface area contributed by atoms with E-state index in [0.29, 0.717) is 17.9 Å². The molecule has 0 saturated carbocycles. The van der Waals surface area contributed by atoms with Crippen LogP contribution in [0.3, 0.4) is 0 Å². The first-order chi connectivity index (χ1) is 15.4. The smallest absolute Gasteiger partial charge is 0.268 e. The summed E-state index contributed by atoms with van der Waals surface area (Å²) < 4.78 is 5.93. The number of thiazole rings is 1. The molecular formula is C25H27N3O3S. The fourth-order valence-corrected chi connectivity index (χ4v) is 4.47. The van der Waals surface area contributed by atoms with Crippen molar-refractivity contribution in [1.82, 2.24) is 4.98 Å². The molecular weight excluding hydrogens is 422 g/mol. The summed E-state index contributed by atoms with van der Waals surface area (Å²) in [5, 5.41) is 5.94. The molecule has 2 amide bonds. The molecule has 0 bridgehead atoms. The molecule has 1 atom stereocenters. The van der Waals surface area contributed by atoms with E-state index >= 15 is 0 Å². The van der Waals surface area contributed by atoms with Crippen LogP contribution in [0.4, 0.5) is 11.4 Å². The maximum absolute atomic E-state index is 13.1. The Bertz CT molecular complexity index is 1150. The summed E-state index contributed by atoms with van der Waals surface area (Å²) in [5.74, 6) is 0.413. The van der Waals surface area contributed by atoms with Gasteiger partial charge in [-0.25, -0.2) is 4.98 Å². The van der Waals surface area contributed by atoms with Crippen molar-refractivity contribution < 1.29 is 14.3 Å². The molecule has 1 N–H and O–H groups in total. The van der Waals surface area contributed by atoms with Gasteiger partial charge in [0.2, 0.25) is 5.91 Å². The van der Waals surface area contributed by atoms with Crippen LogP contribution < -0.4 is 15.0 Å². The van der Waals surface area contributed by atoms with Gasteiger partial charge < -0.3 is 10.1 Å². The third-order valence-electron chi connectivity index (χ3n) is 5.50. The van der Waals surface area contributed by atoms with Gasteiger partial charge in [-0.1, -0.05) is 39.0 Å². The number of amides is 2. The summed E-state index contributed by atoms with van der Waals surface area (Å²) in [6, 6.07) is 13.4. The monoisotopic (exact) mass is 449 g/mol. The molecule has 0 radical (unpaired) electrons. The fraction of sp³-hybridized carbons (Fsp3) is 0.320. The van der Waals surface area contributed by atoms with Crippen LogP contribution in [0.5, 0.6) is 5.75 Å². The number of ether oxygens (including phenoxy) is 1. The second-order valence-electron chi connectivity index (χ2n) is 8.16. The molecule has 4 rings (SSSR count). The second kappa shape index (κ2) is 9.12. The molecule has 2 heterocycles. The fourth-order valence-electron chi connectivity index (χ4n) is 3.85. The second-order valence-corrected chi connectivity index (χ2v) is 9.23. The lowest BCUT2D eigenvalue weighted by Gasteiger charge is -2.34. The average Bonchev–Trinajstić information content (AvgIpc) is 3.21. The van der Waals surface area contributed by atoms with Crippen molar-refractivity contribution >= 4 is 34.5 Å². The van der Waals surface area contributed by atoms with Gasteiger partial charge in [0, 0.05) is 16.6 Å². The number of carbonyl (C=O) groups is 2. The maximum Gasteiger partial charge on any atom is 0.268 e. The minimum Gasteiger partial charge on any atom is -0.478 e. The van der Waals surface area contributed by atoms with Crippen LogP contribution in [0.25, 0.3) is 11.3 Å². The molecule has 1 aromatic heterocycles. The number of para-hydroxylation sites is 1. The van der Waals surface area contributed by atoms with Crippen molar-refractivity contribution in [3.8, 4) is 17.0 Å². The Balaban J connectivity index is 1.64.